The Morgan fingerprint density at radius 1 is 1.21 bits per heavy atom. The third-order valence-electron chi connectivity index (χ3n) is 4.43. The second kappa shape index (κ2) is 5.96. The average molecular weight is 261 g/mol. The number of nitrogens with one attached hydrogen (secondary N) is 1. The van der Waals surface area contributed by atoms with Crippen molar-refractivity contribution in [1.29, 1.82) is 0 Å². The van der Waals surface area contributed by atoms with Gasteiger partial charge in [-0.05, 0) is 67.8 Å². The Labute approximate surface area is 117 Å². The molecule has 0 amide bonds. The van der Waals surface area contributed by atoms with Gasteiger partial charge in [-0.1, -0.05) is 19.9 Å². The molecule has 1 N–H and O–H groups in total. The minimum Gasteiger partial charge on any atom is -0.496 e. The van der Waals surface area contributed by atoms with Gasteiger partial charge in [0.15, 0.2) is 0 Å². The van der Waals surface area contributed by atoms with Gasteiger partial charge in [-0.3, -0.25) is 0 Å². The van der Waals surface area contributed by atoms with Gasteiger partial charge in [0.25, 0.3) is 0 Å². The first kappa shape index (κ1) is 14.4. The predicted octanol–water partition coefficient (Wildman–Crippen LogP) is 3.80. The number of rotatable bonds is 6. The van der Waals surface area contributed by atoms with Gasteiger partial charge in [0, 0.05) is 6.04 Å². The molecular formula is C17H27NO. The fourth-order valence-electron chi connectivity index (χ4n) is 2.65. The maximum Gasteiger partial charge on any atom is 0.122 e. The largest absolute Gasteiger partial charge is 0.496 e. The van der Waals surface area contributed by atoms with E-state index in [1.54, 1.807) is 7.11 Å². The van der Waals surface area contributed by atoms with Crippen LogP contribution in [0.25, 0.3) is 0 Å². The van der Waals surface area contributed by atoms with Crippen molar-refractivity contribution >= 4 is 0 Å². The molecule has 0 heterocycles. The fourth-order valence-corrected chi connectivity index (χ4v) is 2.65. The molecule has 1 aliphatic rings. The summed E-state index contributed by atoms with van der Waals surface area (Å²) in [6, 6.07) is 5.27. The Balaban J connectivity index is 2.08. The van der Waals surface area contributed by atoms with Crippen LogP contribution in [0.4, 0.5) is 0 Å². The molecule has 2 heteroatoms. The van der Waals surface area contributed by atoms with Crippen LogP contribution in [0.15, 0.2) is 12.1 Å². The molecule has 0 radical (unpaired) electrons. The number of hydrogen-bond donors (Lipinski definition) is 1. The van der Waals surface area contributed by atoms with E-state index in [-0.39, 0.29) is 0 Å². The van der Waals surface area contributed by atoms with Crippen LogP contribution in [0.1, 0.15) is 49.3 Å². The van der Waals surface area contributed by atoms with Gasteiger partial charge in [-0.2, -0.15) is 0 Å². The molecule has 1 fully saturated rings. The van der Waals surface area contributed by atoms with Gasteiger partial charge in [0.05, 0.1) is 7.11 Å². The molecule has 1 aliphatic carbocycles. The number of methoxy groups -OCH3 is 1. The molecule has 106 valence electrons. The van der Waals surface area contributed by atoms with Crippen LogP contribution in [0.2, 0.25) is 0 Å². The molecule has 19 heavy (non-hydrogen) atoms. The van der Waals surface area contributed by atoms with Crippen molar-refractivity contribution in [2.24, 2.45) is 5.92 Å². The molecular weight excluding hydrogens is 234 g/mol. The van der Waals surface area contributed by atoms with Crippen LogP contribution >= 0.6 is 0 Å². The lowest BCUT2D eigenvalue weighted by molar-refractivity contribution is 0.409. The van der Waals surface area contributed by atoms with E-state index in [9.17, 15) is 0 Å². The quantitative estimate of drug-likeness (QED) is 0.841. The molecule has 1 aromatic carbocycles. The molecule has 1 saturated carbocycles. The first-order valence-corrected chi connectivity index (χ1v) is 7.41. The summed E-state index contributed by atoms with van der Waals surface area (Å²) in [6.07, 6.45) is 2.73. The van der Waals surface area contributed by atoms with Crippen molar-refractivity contribution in [2.45, 2.75) is 52.5 Å². The molecule has 2 atom stereocenters. The summed E-state index contributed by atoms with van der Waals surface area (Å²) in [5, 5.41) is 3.64. The fraction of sp³-hybridized carbons (Fsp3) is 0.647. The standard InChI is InChI=1S/C17H27NO/c1-11-9-17(19-5)12(2)8-16(11)14(4)13(3)10-18-15-6-7-15/h8-9,13-15,18H,6-7,10H2,1-5H3. The van der Waals surface area contributed by atoms with Crippen LogP contribution in [0.5, 0.6) is 5.75 Å². The summed E-state index contributed by atoms with van der Waals surface area (Å²) in [4.78, 5) is 0. The van der Waals surface area contributed by atoms with Crippen LogP contribution in [0.3, 0.4) is 0 Å². The van der Waals surface area contributed by atoms with Crippen molar-refractivity contribution < 1.29 is 4.74 Å². The van der Waals surface area contributed by atoms with Crippen molar-refractivity contribution in [3.8, 4) is 5.75 Å². The van der Waals surface area contributed by atoms with Crippen molar-refractivity contribution in [1.82, 2.24) is 5.32 Å². The Hall–Kier alpha value is -1.02. The SMILES string of the molecule is COc1cc(C)c(C(C)C(C)CNC2CC2)cc1C. The van der Waals surface area contributed by atoms with Crippen LogP contribution in [-0.2, 0) is 0 Å². The summed E-state index contributed by atoms with van der Waals surface area (Å²) in [5.74, 6) is 2.24. The molecule has 0 saturated heterocycles. The lowest BCUT2D eigenvalue weighted by Gasteiger charge is -2.23. The molecule has 0 aromatic heterocycles. The van der Waals surface area contributed by atoms with E-state index in [1.165, 1.54) is 29.5 Å². The Bertz CT molecular complexity index is 437. The highest BCUT2D eigenvalue weighted by atomic mass is 16.5. The highest BCUT2D eigenvalue weighted by Gasteiger charge is 2.23. The first-order chi connectivity index (χ1) is 9.02. The van der Waals surface area contributed by atoms with Gasteiger partial charge in [0.2, 0.25) is 0 Å². The number of ether oxygens (including phenoxy) is 1. The Kier molecular flexibility index (Phi) is 4.51. The summed E-state index contributed by atoms with van der Waals surface area (Å²) in [6.45, 7) is 10.1. The van der Waals surface area contributed by atoms with Crippen LogP contribution in [0, 0.1) is 19.8 Å². The van der Waals surface area contributed by atoms with E-state index in [0.717, 1.165) is 18.3 Å². The lowest BCUT2D eigenvalue weighted by atomic mass is 9.85. The third-order valence-corrected chi connectivity index (χ3v) is 4.43. The summed E-state index contributed by atoms with van der Waals surface area (Å²) in [5.41, 5.74) is 4.04. The zero-order chi connectivity index (χ0) is 14.0. The van der Waals surface area contributed by atoms with Crippen molar-refractivity contribution in [3.63, 3.8) is 0 Å². The Morgan fingerprint density at radius 2 is 1.89 bits per heavy atom. The maximum absolute atomic E-state index is 5.40. The van der Waals surface area contributed by atoms with Crippen molar-refractivity contribution in [2.75, 3.05) is 13.7 Å². The molecule has 0 bridgehead atoms. The second-order valence-electron chi connectivity index (χ2n) is 6.13. The van der Waals surface area contributed by atoms with Crippen LogP contribution < -0.4 is 10.1 Å². The van der Waals surface area contributed by atoms with Gasteiger partial charge in [-0.25, -0.2) is 0 Å². The highest BCUT2D eigenvalue weighted by molar-refractivity contribution is 5.43. The molecule has 2 rings (SSSR count). The average Bonchev–Trinajstić information content (AvgIpc) is 3.21. The maximum atomic E-state index is 5.40. The number of benzene rings is 1. The number of aryl methyl sites for hydroxylation is 2. The monoisotopic (exact) mass is 261 g/mol. The van der Waals surface area contributed by atoms with E-state index < -0.39 is 0 Å². The van der Waals surface area contributed by atoms with E-state index >= 15 is 0 Å². The lowest BCUT2D eigenvalue weighted by Crippen LogP contribution is -2.26. The number of hydrogen-bond acceptors (Lipinski definition) is 2. The molecule has 0 spiro atoms. The first-order valence-electron chi connectivity index (χ1n) is 7.41. The van der Waals surface area contributed by atoms with E-state index in [2.05, 4.69) is 45.1 Å². The Morgan fingerprint density at radius 3 is 2.47 bits per heavy atom. The summed E-state index contributed by atoms with van der Waals surface area (Å²) < 4.78 is 5.40. The van der Waals surface area contributed by atoms with Crippen molar-refractivity contribution in [3.05, 3.63) is 28.8 Å². The smallest absolute Gasteiger partial charge is 0.122 e. The van der Waals surface area contributed by atoms with Gasteiger partial charge < -0.3 is 10.1 Å². The molecule has 1 aromatic rings. The van der Waals surface area contributed by atoms with Gasteiger partial charge in [-0.15, -0.1) is 0 Å². The molecule has 2 nitrogen and oxygen atoms in total. The molecule has 0 aliphatic heterocycles. The summed E-state index contributed by atoms with van der Waals surface area (Å²) >= 11 is 0. The molecule has 2 unspecified atom stereocenters. The highest BCUT2D eigenvalue weighted by Crippen LogP contribution is 2.31. The second-order valence-corrected chi connectivity index (χ2v) is 6.13. The third kappa shape index (κ3) is 3.50. The topological polar surface area (TPSA) is 21.3 Å². The van der Waals surface area contributed by atoms with E-state index in [4.69, 9.17) is 4.74 Å². The van der Waals surface area contributed by atoms with E-state index in [0.29, 0.717) is 11.8 Å². The van der Waals surface area contributed by atoms with Gasteiger partial charge in [0.1, 0.15) is 5.75 Å². The zero-order valence-corrected chi connectivity index (χ0v) is 12.9. The zero-order valence-electron chi connectivity index (χ0n) is 12.9. The normalized spacial score (nSPS) is 18.2. The summed E-state index contributed by atoms with van der Waals surface area (Å²) in [7, 11) is 1.74. The van der Waals surface area contributed by atoms with Crippen LogP contribution in [-0.4, -0.2) is 19.7 Å². The van der Waals surface area contributed by atoms with Gasteiger partial charge >= 0.3 is 0 Å². The minimum atomic E-state index is 0.579. The predicted molar refractivity (Wildman–Crippen MR) is 81.1 cm³/mol. The minimum absolute atomic E-state index is 0.579. The van der Waals surface area contributed by atoms with E-state index in [1.807, 2.05) is 0 Å².